The molecule has 2 nitrogen and oxygen atoms in total. The van der Waals surface area contributed by atoms with Gasteiger partial charge in [-0.3, -0.25) is 4.79 Å². The van der Waals surface area contributed by atoms with Crippen LogP contribution >= 0.6 is 0 Å². The van der Waals surface area contributed by atoms with Gasteiger partial charge in [0.25, 0.3) is 0 Å². The standard InChI is InChI=1S/C15H12F2O2/c1-9-3-2-4-10(5-9)12-8-13(16)11(6-14(12)17)7-15(18)19/h2-6,8H,7H2,1H3,(H,18,19). The Morgan fingerprint density at radius 1 is 1.16 bits per heavy atom. The second-order valence-corrected chi connectivity index (χ2v) is 4.36. The number of carbonyl (C=O) groups is 1. The first-order chi connectivity index (χ1) is 8.97. The summed E-state index contributed by atoms with van der Waals surface area (Å²) in [5, 5.41) is 8.62. The maximum atomic E-state index is 13.9. The molecule has 0 aliphatic heterocycles. The fourth-order valence-electron chi connectivity index (χ4n) is 1.92. The van der Waals surface area contributed by atoms with Crippen LogP contribution in [0.3, 0.4) is 0 Å². The normalized spacial score (nSPS) is 10.5. The Bertz CT molecular complexity index is 636. The lowest BCUT2D eigenvalue weighted by molar-refractivity contribution is -0.136. The molecule has 2 aromatic rings. The van der Waals surface area contributed by atoms with E-state index in [2.05, 4.69) is 0 Å². The van der Waals surface area contributed by atoms with E-state index in [1.54, 1.807) is 18.2 Å². The number of hydrogen-bond donors (Lipinski definition) is 1. The van der Waals surface area contributed by atoms with Gasteiger partial charge in [0.1, 0.15) is 11.6 Å². The summed E-state index contributed by atoms with van der Waals surface area (Å²) in [4.78, 5) is 10.5. The van der Waals surface area contributed by atoms with Crippen molar-refractivity contribution >= 4 is 5.97 Å². The molecule has 0 amide bonds. The molecular formula is C15H12F2O2. The van der Waals surface area contributed by atoms with Crippen molar-refractivity contribution in [1.82, 2.24) is 0 Å². The first-order valence-corrected chi connectivity index (χ1v) is 5.74. The van der Waals surface area contributed by atoms with Crippen molar-refractivity contribution in [1.29, 1.82) is 0 Å². The van der Waals surface area contributed by atoms with Gasteiger partial charge in [-0.2, -0.15) is 0 Å². The molecule has 0 atom stereocenters. The van der Waals surface area contributed by atoms with E-state index in [-0.39, 0.29) is 11.1 Å². The van der Waals surface area contributed by atoms with Gasteiger partial charge in [-0.15, -0.1) is 0 Å². The van der Waals surface area contributed by atoms with E-state index < -0.39 is 24.0 Å². The Morgan fingerprint density at radius 3 is 2.53 bits per heavy atom. The van der Waals surface area contributed by atoms with Crippen molar-refractivity contribution in [3.8, 4) is 11.1 Å². The topological polar surface area (TPSA) is 37.3 Å². The van der Waals surface area contributed by atoms with E-state index in [1.807, 2.05) is 13.0 Å². The van der Waals surface area contributed by atoms with Crippen LogP contribution < -0.4 is 0 Å². The zero-order valence-electron chi connectivity index (χ0n) is 10.3. The van der Waals surface area contributed by atoms with E-state index >= 15 is 0 Å². The molecular weight excluding hydrogens is 250 g/mol. The Balaban J connectivity index is 2.49. The molecule has 0 heterocycles. The van der Waals surface area contributed by atoms with E-state index in [0.717, 1.165) is 17.7 Å². The van der Waals surface area contributed by atoms with Gasteiger partial charge in [-0.05, 0) is 24.6 Å². The SMILES string of the molecule is Cc1cccc(-c2cc(F)c(CC(=O)O)cc2F)c1. The molecule has 0 fully saturated rings. The molecule has 0 aliphatic carbocycles. The number of halogens is 2. The lowest BCUT2D eigenvalue weighted by atomic mass is 10.00. The van der Waals surface area contributed by atoms with Crippen molar-refractivity contribution in [2.75, 3.05) is 0 Å². The van der Waals surface area contributed by atoms with Crippen LogP contribution in [0.25, 0.3) is 11.1 Å². The summed E-state index contributed by atoms with van der Waals surface area (Å²) < 4.78 is 27.7. The van der Waals surface area contributed by atoms with Gasteiger partial charge >= 0.3 is 5.97 Å². The van der Waals surface area contributed by atoms with Crippen LogP contribution in [0.5, 0.6) is 0 Å². The number of aryl methyl sites for hydroxylation is 1. The lowest BCUT2D eigenvalue weighted by Gasteiger charge is -2.08. The molecule has 19 heavy (non-hydrogen) atoms. The lowest BCUT2D eigenvalue weighted by Crippen LogP contribution is -2.03. The molecule has 2 rings (SSSR count). The fourth-order valence-corrected chi connectivity index (χ4v) is 1.92. The van der Waals surface area contributed by atoms with Crippen LogP contribution in [-0.4, -0.2) is 11.1 Å². The Kier molecular flexibility index (Phi) is 3.60. The summed E-state index contributed by atoms with van der Waals surface area (Å²) in [6, 6.07) is 9.03. The van der Waals surface area contributed by atoms with Crippen LogP contribution in [0.4, 0.5) is 8.78 Å². The van der Waals surface area contributed by atoms with E-state index in [4.69, 9.17) is 5.11 Å². The van der Waals surface area contributed by atoms with Crippen LogP contribution in [0.15, 0.2) is 36.4 Å². The first-order valence-electron chi connectivity index (χ1n) is 5.74. The Labute approximate surface area is 109 Å². The van der Waals surface area contributed by atoms with Crippen LogP contribution in [0, 0.1) is 18.6 Å². The molecule has 0 radical (unpaired) electrons. The third-order valence-corrected chi connectivity index (χ3v) is 2.81. The summed E-state index contributed by atoms with van der Waals surface area (Å²) >= 11 is 0. The average molecular weight is 262 g/mol. The van der Waals surface area contributed by atoms with Gasteiger partial charge in [0.15, 0.2) is 0 Å². The second-order valence-electron chi connectivity index (χ2n) is 4.36. The van der Waals surface area contributed by atoms with Gasteiger partial charge in [0.2, 0.25) is 0 Å². The van der Waals surface area contributed by atoms with Crippen molar-refractivity contribution < 1.29 is 18.7 Å². The van der Waals surface area contributed by atoms with Crippen LogP contribution in [-0.2, 0) is 11.2 Å². The molecule has 0 aromatic heterocycles. The number of benzene rings is 2. The van der Waals surface area contributed by atoms with Crippen molar-refractivity contribution in [2.24, 2.45) is 0 Å². The Morgan fingerprint density at radius 2 is 1.89 bits per heavy atom. The third kappa shape index (κ3) is 2.96. The van der Waals surface area contributed by atoms with Gasteiger partial charge in [-0.25, -0.2) is 8.78 Å². The largest absolute Gasteiger partial charge is 0.481 e. The Hall–Kier alpha value is -2.23. The van der Waals surface area contributed by atoms with Crippen molar-refractivity contribution in [3.63, 3.8) is 0 Å². The monoisotopic (exact) mass is 262 g/mol. The highest BCUT2D eigenvalue weighted by molar-refractivity contribution is 5.71. The molecule has 0 bridgehead atoms. The van der Waals surface area contributed by atoms with Crippen molar-refractivity contribution in [3.05, 3.63) is 59.2 Å². The molecule has 1 N–H and O–H groups in total. The van der Waals surface area contributed by atoms with Gasteiger partial charge in [0, 0.05) is 11.1 Å². The second kappa shape index (κ2) is 5.18. The molecule has 2 aromatic carbocycles. The molecule has 0 unspecified atom stereocenters. The van der Waals surface area contributed by atoms with Gasteiger partial charge in [0.05, 0.1) is 6.42 Å². The minimum Gasteiger partial charge on any atom is -0.481 e. The van der Waals surface area contributed by atoms with E-state index in [1.165, 1.54) is 0 Å². The number of aliphatic carboxylic acids is 1. The summed E-state index contributed by atoms with van der Waals surface area (Å²) in [5.74, 6) is -2.52. The molecule has 0 aliphatic rings. The van der Waals surface area contributed by atoms with Gasteiger partial charge < -0.3 is 5.11 Å². The predicted octanol–water partition coefficient (Wildman–Crippen LogP) is 3.57. The highest BCUT2D eigenvalue weighted by Gasteiger charge is 2.13. The smallest absolute Gasteiger partial charge is 0.307 e. The first kappa shape index (κ1) is 13.2. The van der Waals surface area contributed by atoms with Crippen LogP contribution in [0.1, 0.15) is 11.1 Å². The fraction of sp³-hybridized carbons (Fsp3) is 0.133. The van der Waals surface area contributed by atoms with Gasteiger partial charge in [-0.1, -0.05) is 29.8 Å². The number of carboxylic acid groups (broad SMARTS) is 1. The maximum absolute atomic E-state index is 13.9. The zero-order chi connectivity index (χ0) is 14.0. The third-order valence-electron chi connectivity index (χ3n) is 2.81. The minimum absolute atomic E-state index is 0.135. The van der Waals surface area contributed by atoms with E-state index in [0.29, 0.717) is 5.56 Å². The summed E-state index contributed by atoms with van der Waals surface area (Å²) in [7, 11) is 0. The van der Waals surface area contributed by atoms with E-state index in [9.17, 15) is 13.6 Å². The van der Waals surface area contributed by atoms with Crippen molar-refractivity contribution in [2.45, 2.75) is 13.3 Å². The van der Waals surface area contributed by atoms with Crippen LogP contribution in [0.2, 0.25) is 0 Å². The minimum atomic E-state index is -1.19. The predicted molar refractivity (Wildman–Crippen MR) is 67.9 cm³/mol. The maximum Gasteiger partial charge on any atom is 0.307 e. The average Bonchev–Trinajstić information content (AvgIpc) is 2.32. The molecule has 0 saturated heterocycles. The number of rotatable bonds is 3. The molecule has 0 saturated carbocycles. The summed E-state index contributed by atoms with van der Waals surface area (Å²) in [6.45, 7) is 1.86. The highest BCUT2D eigenvalue weighted by atomic mass is 19.1. The zero-order valence-corrected chi connectivity index (χ0v) is 10.3. The molecule has 4 heteroatoms. The summed E-state index contributed by atoms with van der Waals surface area (Å²) in [5.41, 5.74) is 1.49. The quantitative estimate of drug-likeness (QED) is 0.918. The number of hydrogen-bond acceptors (Lipinski definition) is 1. The molecule has 98 valence electrons. The highest BCUT2D eigenvalue weighted by Crippen LogP contribution is 2.26. The summed E-state index contributed by atoms with van der Waals surface area (Å²) in [6.07, 6.45) is -0.531. The molecule has 0 spiro atoms. The number of carboxylic acids is 1.